The van der Waals surface area contributed by atoms with Crippen LogP contribution in [0.1, 0.15) is 17.9 Å². The van der Waals surface area contributed by atoms with E-state index in [-0.39, 0.29) is 23.5 Å². The smallest absolute Gasteiger partial charge is 0.235 e. The maximum Gasteiger partial charge on any atom is 0.235 e. The number of rotatable bonds is 3. The summed E-state index contributed by atoms with van der Waals surface area (Å²) in [5.41, 5.74) is 1.22. The molecule has 0 unspecified atom stereocenters. The summed E-state index contributed by atoms with van der Waals surface area (Å²) in [5, 5.41) is 0. The SMILES string of the molecule is COC1(OC)C(=O)[C@H]2C=C[C@H]1C[C@H]2c1ccccc1. The van der Waals surface area contributed by atoms with E-state index in [0.717, 1.165) is 6.42 Å². The summed E-state index contributed by atoms with van der Waals surface area (Å²) in [6.07, 6.45) is 4.97. The minimum Gasteiger partial charge on any atom is -0.347 e. The van der Waals surface area contributed by atoms with Gasteiger partial charge < -0.3 is 9.47 Å². The molecule has 0 amide bonds. The third kappa shape index (κ3) is 1.69. The van der Waals surface area contributed by atoms with Gasteiger partial charge in [0.05, 0.1) is 0 Å². The highest BCUT2D eigenvalue weighted by atomic mass is 16.7. The number of carbonyl (C=O) groups is 1. The fourth-order valence-corrected chi connectivity index (χ4v) is 3.48. The van der Waals surface area contributed by atoms with Gasteiger partial charge in [-0.05, 0) is 17.9 Å². The first-order chi connectivity index (χ1) is 9.23. The zero-order valence-corrected chi connectivity index (χ0v) is 11.2. The van der Waals surface area contributed by atoms with Crippen LogP contribution in [-0.4, -0.2) is 25.8 Å². The van der Waals surface area contributed by atoms with Gasteiger partial charge in [0, 0.05) is 26.1 Å². The van der Waals surface area contributed by atoms with Crippen LogP contribution in [0.4, 0.5) is 0 Å². The Hall–Kier alpha value is -1.45. The molecule has 1 aromatic carbocycles. The Kier molecular flexibility index (Phi) is 3.03. The van der Waals surface area contributed by atoms with Crippen LogP contribution in [0.5, 0.6) is 0 Å². The quantitative estimate of drug-likeness (QED) is 0.617. The molecular weight excluding hydrogens is 240 g/mol. The highest BCUT2D eigenvalue weighted by molar-refractivity contribution is 5.93. The van der Waals surface area contributed by atoms with Crippen LogP contribution in [0.2, 0.25) is 0 Å². The number of hydrogen-bond donors (Lipinski definition) is 0. The fourth-order valence-electron chi connectivity index (χ4n) is 3.48. The Morgan fingerprint density at radius 1 is 1.11 bits per heavy atom. The van der Waals surface area contributed by atoms with Crippen LogP contribution in [0, 0.1) is 11.8 Å². The molecule has 3 atom stereocenters. The number of benzene rings is 1. The van der Waals surface area contributed by atoms with Crippen LogP contribution in [0.25, 0.3) is 0 Å². The average Bonchev–Trinajstić information content (AvgIpc) is 2.49. The van der Waals surface area contributed by atoms with E-state index in [2.05, 4.69) is 18.2 Å². The second kappa shape index (κ2) is 4.58. The van der Waals surface area contributed by atoms with E-state index in [1.807, 2.05) is 24.3 Å². The van der Waals surface area contributed by atoms with Gasteiger partial charge in [-0.2, -0.15) is 0 Å². The maximum atomic E-state index is 12.7. The molecule has 2 bridgehead atoms. The number of methoxy groups -OCH3 is 2. The van der Waals surface area contributed by atoms with Gasteiger partial charge in [-0.15, -0.1) is 0 Å². The van der Waals surface area contributed by atoms with Crippen molar-refractivity contribution in [2.45, 2.75) is 18.1 Å². The standard InChI is InChI=1S/C16H18O3/c1-18-16(19-2)12-8-9-13(15(16)17)14(10-12)11-6-4-3-5-7-11/h3-9,12-14H,10H2,1-2H3/t12-,13-,14-/m0/s1. The maximum absolute atomic E-state index is 12.7. The number of carbonyl (C=O) groups excluding carboxylic acids is 1. The number of ketones is 1. The molecule has 0 heterocycles. The molecule has 4 rings (SSSR count). The van der Waals surface area contributed by atoms with E-state index in [1.165, 1.54) is 5.56 Å². The van der Waals surface area contributed by atoms with Gasteiger partial charge >= 0.3 is 0 Å². The third-order valence-electron chi connectivity index (χ3n) is 4.46. The van der Waals surface area contributed by atoms with Crippen molar-refractivity contribution in [1.29, 1.82) is 0 Å². The highest BCUT2D eigenvalue weighted by Crippen LogP contribution is 2.49. The van der Waals surface area contributed by atoms with Crippen LogP contribution in [0.15, 0.2) is 42.5 Å². The van der Waals surface area contributed by atoms with Crippen molar-refractivity contribution in [1.82, 2.24) is 0 Å². The third-order valence-corrected chi connectivity index (χ3v) is 4.46. The molecule has 1 fully saturated rings. The lowest BCUT2D eigenvalue weighted by Crippen LogP contribution is -2.58. The molecule has 0 N–H and O–H groups in total. The summed E-state index contributed by atoms with van der Waals surface area (Å²) in [5.74, 6) is -0.949. The van der Waals surface area contributed by atoms with Gasteiger partial charge in [0.25, 0.3) is 0 Å². The number of hydrogen-bond acceptors (Lipinski definition) is 3. The summed E-state index contributed by atoms with van der Waals surface area (Å²) < 4.78 is 10.9. The Morgan fingerprint density at radius 3 is 2.37 bits per heavy atom. The lowest BCUT2D eigenvalue weighted by Gasteiger charge is -2.48. The van der Waals surface area contributed by atoms with Crippen molar-refractivity contribution in [3.63, 3.8) is 0 Å². The number of fused-ring (bicyclic) bond motifs is 2. The zero-order chi connectivity index (χ0) is 13.5. The minimum atomic E-state index is -1.08. The van der Waals surface area contributed by atoms with E-state index in [9.17, 15) is 4.79 Å². The molecule has 1 saturated carbocycles. The summed E-state index contributed by atoms with van der Waals surface area (Å²) in [6.45, 7) is 0. The first-order valence-electron chi connectivity index (χ1n) is 6.61. The largest absolute Gasteiger partial charge is 0.347 e. The molecule has 3 aliphatic rings. The summed E-state index contributed by atoms with van der Waals surface area (Å²) >= 11 is 0. The summed E-state index contributed by atoms with van der Waals surface area (Å²) in [7, 11) is 3.10. The lowest BCUT2D eigenvalue weighted by atomic mass is 9.63. The predicted molar refractivity (Wildman–Crippen MR) is 71.7 cm³/mol. The highest BCUT2D eigenvalue weighted by Gasteiger charge is 2.57. The topological polar surface area (TPSA) is 35.5 Å². The molecular formula is C16H18O3. The number of ether oxygens (including phenoxy) is 2. The fraction of sp³-hybridized carbons (Fsp3) is 0.438. The molecule has 0 saturated heterocycles. The van der Waals surface area contributed by atoms with E-state index in [1.54, 1.807) is 14.2 Å². The molecule has 0 aromatic heterocycles. The van der Waals surface area contributed by atoms with Gasteiger partial charge in [-0.3, -0.25) is 4.79 Å². The van der Waals surface area contributed by atoms with Gasteiger partial charge in [0.15, 0.2) is 5.78 Å². The van der Waals surface area contributed by atoms with Crippen molar-refractivity contribution in [2.75, 3.05) is 14.2 Å². The second-order valence-corrected chi connectivity index (χ2v) is 5.21. The van der Waals surface area contributed by atoms with Crippen molar-refractivity contribution in [2.24, 2.45) is 11.8 Å². The molecule has 100 valence electrons. The first-order valence-corrected chi connectivity index (χ1v) is 6.61. The second-order valence-electron chi connectivity index (χ2n) is 5.21. The van der Waals surface area contributed by atoms with Gasteiger partial charge in [0.1, 0.15) is 0 Å². The van der Waals surface area contributed by atoms with Crippen molar-refractivity contribution in [3.8, 4) is 0 Å². The minimum absolute atomic E-state index is 0.00907. The monoisotopic (exact) mass is 258 g/mol. The first kappa shape index (κ1) is 12.6. The Labute approximate surface area is 113 Å². The predicted octanol–water partition coefficient (Wildman–Crippen LogP) is 2.53. The molecule has 3 heteroatoms. The molecule has 0 spiro atoms. The number of allylic oxidation sites excluding steroid dienone is 1. The van der Waals surface area contributed by atoms with Gasteiger partial charge in [-0.1, -0.05) is 42.5 Å². The Morgan fingerprint density at radius 2 is 1.79 bits per heavy atom. The number of Topliss-reactive ketones (excluding diaryl/α,β-unsaturated/α-hetero) is 1. The van der Waals surface area contributed by atoms with Crippen molar-refractivity contribution < 1.29 is 14.3 Å². The molecule has 3 nitrogen and oxygen atoms in total. The Bertz CT molecular complexity index is 502. The average molecular weight is 258 g/mol. The van der Waals surface area contributed by atoms with Crippen molar-refractivity contribution >= 4 is 5.78 Å². The summed E-state index contributed by atoms with van der Waals surface area (Å²) in [4.78, 5) is 12.7. The Balaban J connectivity index is 1.98. The van der Waals surface area contributed by atoms with Crippen LogP contribution < -0.4 is 0 Å². The van der Waals surface area contributed by atoms with E-state index in [4.69, 9.17) is 9.47 Å². The lowest BCUT2D eigenvalue weighted by molar-refractivity contribution is -0.237. The van der Waals surface area contributed by atoms with E-state index >= 15 is 0 Å². The molecule has 19 heavy (non-hydrogen) atoms. The van der Waals surface area contributed by atoms with Crippen LogP contribution in [-0.2, 0) is 14.3 Å². The normalized spacial score (nSPS) is 31.7. The van der Waals surface area contributed by atoms with Gasteiger partial charge in [0.2, 0.25) is 5.79 Å². The molecule has 1 aromatic rings. The van der Waals surface area contributed by atoms with Crippen LogP contribution >= 0.6 is 0 Å². The van der Waals surface area contributed by atoms with Gasteiger partial charge in [-0.25, -0.2) is 0 Å². The van der Waals surface area contributed by atoms with E-state index in [0.29, 0.717) is 0 Å². The van der Waals surface area contributed by atoms with Crippen LogP contribution in [0.3, 0.4) is 0 Å². The molecule has 0 radical (unpaired) electrons. The summed E-state index contributed by atoms with van der Waals surface area (Å²) in [6, 6.07) is 10.2. The molecule has 0 aliphatic heterocycles. The van der Waals surface area contributed by atoms with Crippen molar-refractivity contribution in [3.05, 3.63) is 48.0 Å². The van der Waals surface area contributed by atoms with E-state index < -0.39 is 5.79 Å². The zero-order valence-electron chi connectivity index (χ0n) is 11.2. The molecule has 3 aliphatic carbocycles.